The number of aromatic nitrogens is 1. The van der Waals surface area contributed by atoms with Crippen molar-refractivity contribution >= 4 is 52.2 Å². The molecule has 0 saturated carbocycles. The first-order chi connectivity index (χ1) is 16.9. The molecule has 1 aliphatic rings. The zero-order valence-electron chi connectivity index (χ0n) is 22.3. The van der Waals surface area contributed by atoms with Crippen LogP contribution in [-0.2, 0) is 8.92 Å². The van der Waals surface area contributed by atoms with E-state index in [-0.39, 0.29) is 17.7 Å². The number of carbonyl (C=O) groups excluding carboxylic acids is 1. The number of amides is 1. The second-order valence-electron chi connectivity index (χ2n) is 10.7. The maximum atomic E-state index is 13.2. The maximum Gasteiger partial charge on any atom is 0.410 e. The summed E-state index contributed by atoms with van der Waals surface area (Å²) in [6.07, 6.45) is 11.0. The van der Waals surface area contributed by atoms with Crippen molar-refractivity contribution in [3.8, 4) is 0 Å². The minimum atomic E-state index is -0.582. The molecule has 1 N–H and O–H groups in total. The second-order valence-corrected chi connectivity index (χ2v) is 15.1. The van der Waals surface area contributed by atoms with Gasteiger partial charge in [0, 0.05) is 53.0 Å². The van der Waals surface area contributed by atoms with Crippen LogP contribution in [0.1, 0.15) is 73.0 Å². The smallest absolute Gasteiger partial charge is 0.410 e. The number of halogens is 1. The summed E-state index contributed by atoms with van der Waals surface area (Å²) in [7, 11) is 1.49. The molecular formula is C27H38IN3O3S2. The Labute approximate surface area is 236 Å². The Hall–Kier alpha value is -1.39. The molecule has 0 saturated heterocycles. The highest BCUT2D eigenvalue weighted by molar-refractivity contribution is 14.2. The first-order valence-corrected chi connectivity index (χ1v) is 16.6. The number of carbonyl (C=O) groups is 1. The van der Waals surface area contributed by atoms with Gasteiger partial charge in [0.15, 0.2) is 0 Å². The molecule has 0 unspecified atom stereocenters. The molecule has 0 spiro atoms. The number of hydrogen-bond donors (Lipinski definition) is 1. The van der Waals surface area contributed by atoms with Crippen LogP contribution in [0.4, 0.5) is 10.6 Å². The topological polar surface area (TPSA) is 63.7 Å². The quantitative estimate of drug-likeness (QED) is 0.112. The fraction of sp³-hybridized carbons (Fsp3) is 0.519. The monoisotopic (exact) mass is 643 g/mol. The van der Waals surface area contributed by atoms with Crippen molar-refractivity contribution in [3.63, 3.8) is 0 Å². The van der Waals surface area contributed by atoms with Crippen molar-refractivity contribution in [2.45, 2.75) is 78.6 Å². The number of nitrogens with zero attached hydrogens (tertiary/aromatic N) is 2. The number of rotatable bonds is 11. The van der Waals surface area contributed by atoms with E-state index in [0.717, 1.165) is 29.8 Å². The predicted octanol–water partition coefficient (Wildman–Crippen LogP) is 8.61. The molecule has 0 bridgehead atoms. The molecule has 6 nitrogen and oxygen atoms in total. The third-order valence-electron chi connectivity index (χ3n) is 4.93. The molecule has 1 aromatic heterocycles. The van der Waals surface area contributed by atoms with Gasteiger partial charge in [-0.2, -0.15) is 0 Å². The minimum Gasteiger partial charge on any atom is -0.444 e. The van der Waals surface area contributed by atoms with Gasteiger partial charge in [-0.05, 0) is 84.6 Å². The van der Waals surface area contributed by atoms with E-state index < -0.39 is 5.60 Å². The van der Waals surface area contributed by atoms with E-state index in [1.807, 2.05) is 52.1 Å². The van der Waals surface area contributed by atoms with E-state index >= 15 is 0 Å². The summed E-state index contributed by atoms with van der Waals surface area (Å²) in [5.74, 6) is 0.799. The molecule has 9 heteroatoms. The van der Waals surface area contributed by atoms with Crippen molar-refractivity contribution in [2.24, 2.45) is 0 Å². The third-order valence-corrected chi connectivity index (χ3v) is 7.00. The van der Waals surface area contributed by atoms with Crippen LogP contribution in [0, 0.1) is 0 Å². The molecule has 36 heavy (non-hydrogen) atoms. The molecule has 0 aliphatic heterocycles. The Morgan fingerprint density at radius 2 is 1.97 bits per heavy atom. The fourth-order valence-electron chi connectivity index (χ4n) is 3.35. The SMILES string of the molecule is CC1=C=CC=C(CCCN(C[C@H](OSSI)c2ccc(NC(C)(C)C)nc2)C(=O)OC(C)(C)C)C=C1. The van der Waals surface area contributed by atoms with Crippen LogP contribution in [-0.4, -0.2) is 40.2 Å². The lowest BCUT2D eigenvalue weighted by atomic mass is 10.1. The van der Waals surface area contributed by atoms with Crippen LogP contribution in [0.5, 0.6) is 0 Å². The molecular weight excluding hydrogens is 605 g/mol. The van der Waals surface area contributed by atoms with Crippen molar-refractivity contribution in [1.29, 1.82) is 0 Å². The zero-order chi connectivity index (χ0) is 26.8. The summed E-state index contributed by atoms with van der Waals surface area (Å²) in [6.45, 7) is 14.9. The van der Waals surface area contributed by atoms with Crippen molar-refractivity contribution < 1.29 is 13.7 Å². The molecule has 1 aliphatic carbocycles. The van der Waals surface area contributed by atoms with Gasteiger partial charge in [0.25, 0.3) is 0 Å². The fourth-order valence-corrected chi connectivity index (χ4v) is 4.78. The van der Waals surface area contributed by atoms with Gasteiger partial charge in [-0.25, -0.2) is 9.78 Å². The number of nitrogens with one attached hydrogen (secondary N) is 1. The van der Waals surface area contributed by atoms with E-state index in [4.69, 9.17) is 8.92 Å². The van der Waals surface area contributed by atoms with E-state index in [2.05, 4.69) is 76.2 Å². The van der Waals surface area contributed by atoms with Gasteiger partial charge in [0.1, 0.15) is 17.5 Å². The molecule has 0 fully saturated rings. The van der Waals surface area contributed by atoms with Crippen LogP contribution in [0.3, 0.4) is 0 Å². The number of allylic oxidation sites excluding steroid dienone is 5. The standard InChI is InChI=1S/C27H38IN3O3S2/c1-20-10-8-11-21(14-13-20)12-9-17-31(25(32)33-27(5,6)7)19-23(34-36-35-28)22-15-16-24(29-18-22)30-26(2,3)4/h8,11,13-16,18,23H,9,12,17,19H2,1-7H3,(H,29,30)/t23-/m0/s1. The lowest BCUT2D eigenvalue weighted by molar-refractivity contribution is 0.0179. The first-order valence-electron chi connectivity index (χ1n) is 12.0. The Bertz CT molecular complexity index is 989. The van der Waals surface area contributed by atoms with Gasteiger partial charge in [0.05, 0.1) is 17.6 Å². The van der Waals surface area contributed by atoms with Gasteiger partial charge in [-0.3, -0.25) is 4.18 Å². The van der Waals surface area contributed by atoms with Gasteiger partial charge in [0.2, 0.25) is 0 Å². The summed E-state index contributed by atoms with van der Waals surface area (Å²) in [4.78, 5) is 19.5. The van der Waals surface area contributed by atoms with E-state index in [1.165, 1.54) is 24.6 Å². The summed E-state index contributed by atoms with van der Waals surface area (Å²) in [5, 5.41) is 3.38. The second kappa shape index (κ2) is 14.5. The molecule has 0 aromatic carbocycles. The van der Waals surface area contributed by atoms with Crippen LogP contribution >= 0.6 is 40.2 Å². The Balaban J connectivity index is 2.16. The molecule has 2 rings (SSSR count). The molecule has 1 amide bonds. The third kappa shape index (κ3) is 12.2. The Kier molecular flexibility index (Phi) is 12.4. The summed E-state index contributed by atoms with van der Waals surface area (Å²) < 4.78 is 11.8. The molecule has 1 heterocycles. The molecule has 198 valence electrons. The normalized spacial score (nSPS) is 14.6. The largest absolute Gasteiger partial charge is 0.444 e. The van der Waals surface area contributed by atoms with Crippen LogP contribution in [0.15, 0.2) is 59.5 Å². The summed E-state index contributed by atoms with van der Waals surface area (Å²) >= 11 is 3.47. The van der Waals surface area contributed by atoms with E-state index in [0.29, 0.717) is 13.1 Å². The van der Waals surface area contributed by atoms with E-state index in [1.54, 1.807) is 4.90 Å². The van der Waals surface area contributed by atoms with Crippen LogP contribution in [0.25, 0.3) is 0 Å². The highest BCUT2D eigenvalue weighted by Gasteiger charge is 2.26. The lowest BCUT2D eigenvalue weighted by Crippen LogP contribution is -2.40. The average Bonchev–Trinajstić information content (AvgIpc) is 2.97. The molecule has 0 radical (unpaired) electrons. The first kappa shape index (κ1) is 30.8. The Morgan fingerprint density at radius 3 is 2.58 bits per heavy atom. The van der Waals surface area contributed by atoms with Gasteiger partial charge in [-0.1, -0.05) is 24.3 Å². The number of hydrogen-bond acceptors (Lipinski definition) is 7. The number of ether oxygens (including phenoxy) is 1. The number of anilines is 1. The zero-order valence-corrected chi connectivity index (χ0v) is 26.1. The van der Waals surface area contributed by atoms with Crippen molar-refractivity contribution in [3.05, 3.63) is 65.1 Å². The highest BCUT2D eigenvalue weighted by atomic mass is 127. The van der Waals surface area contributed by atoms with E-state index in [9.17, 15) is 4.79 Å². The maximum absolute atomic E-state index is 13.2. The van der Waals surface area contributed by atoms with Gasteiger partial charge < -0.3 is 15.0 Å². The minimum absolute atomic E-state index is 0.0852. The number of pyridine rings is 1. The van der Waals surface area contributed by atoms with Crippen LogP contribution in [0.2, 0.25) is 0 Å². The Morgan fingerprint density at radius 1 is 1.22 bits per heavy atom. The van der Waals surface area contributed by atoms with Gasteiger partial charge >= 0.3 is 6.09 Å². The highest BCUT2D eigenvalue weighted by Crippen LogP contribution is 2.35. The van der Waals surface area contributed by atoms with Crippen molar-refractivity contribution in [1.82, 2.24) is 9.88 Å². The van der Waals surface area contributed by atoms with Crippen molar-refractivity contribution in [2.75, 3.05) is 18.4 Å². The molecule has 1 atom stereocenters. The summed E-state index contributed by atoms with van der Waals surface area (Å²) in [5.41, 5.74) is 5.75. The average molecular weight is 644 g/mol. The van der Waals surface area contributed by atoms with Gasteiger partial charge in [-0.15, -0.1) is 5.73 Å². The predicted molar refractivity (Wildman–Crippen MR) is 162 cm³/mol. The summed E-state index contributed by atoms with van der Waals surface area (Å²) in [6, 6.07) is 3.95. The molecule has 1 aromatic rings. The van der Waals surface area contributed by atoms with Crippen LogP contribution < -0.4 is 5.32 Å². The lowest BCUT2D eigenvalue weighted by Gasteiger charge is -2.30.